The number of aromatic nitrogens is 1. The number of nitrogens with one attached hydrogen (secondary N) is 1. The second-order valence-electron chi connectivity index (χ2n) is 5.76. The fraction of sp³-hybridized carbons (Fsp3) is 0.333. The van der Waals surface area contributed by atoms with Gasteiger partial charge in [-0.1, -0.05) is 29.8 Å². The summed E-state index contributed by atoms with van der Waals surface area (Å²) in [6.45, 7) is 0.961. The summed E-state index contributed by atoms with van der Waals surface area (Å²) in [5.41, 5.74) is 1.92. The Bertz CT molecular complexity index is 829. The van der Waals surface area contributed by atoms with Crippen LogP contribution < -0.4 is 15.6 Å². The zero-order chi connectivity index (χ0) is 17.1. The lowest BCUT2D eigenvalue weighted by atomic mass is 10.0. The van der Waals surface area contributed by atoms with Gasteiger partial charge in [0.15, 0.2) is 0 Å². The molecular formula is C18H19ClN2O3. The van der Waals surface area contributed by atoms with Gasteiger partial charge in [-0.2, -0.15) is 0 Å². The van der Waals surface area contributed by atoms with Gasteiger partial charge in [-0.25, -0.2) is 0 Å². The highest BCUT2D eigenvalue weighted by Crippen LogP contribution is 2.25. The number of halogens is 1. The number of pyridine rings is 1. The molecule has 1 aromatic carbocycles. The van der Waals surface area contributed by atoms with Gasteiger partial charge in [0, 0.05) is 29.9 Å². The maximum Gasteiger partial charge on any atom is 0.257 e. The van der Waals surface area contributed by atoms with Crippen LogP contribution >= 0.6 is 11.6 Å². The molecule has 0 saturated heterocycles. The van der Waals surface area contributed by atoms with E-state index in [4.69, 9.17) is 16.3 Å². The molecule has 0 aliphatic carbocycles. The van der Waals surface area contributed by atoms with Gasteiger partial charge < -0.3 is 14.6 Å². The first-order valence-corrected chi connectivity index (χ1v) is 8.32. The van der Waals surface area contributed by atoms with Crippen molar-refractivity contribution in [1.82, 2.24) is 9.88 Å². The molecular weight excluding hydrogens is 328 g/mol. The molecule has 0 radical (unpaired) electrons. The van der Waals surface area contributed by atoms with Gasteiger partial charge in [0.1, 0.15) is 11.3 Å². The van der Waals surface area contributed by atoms with E-state index in [-0.39, 0.29) is 11.5 Å². The molecule has 0 fully saturated rings. The molecule has 6 heteroatoms. The largest absolute Gasteiger partial charge is 0.496 e. The number of benzene rings is 1. The molecule has 1 aliphatic rings. The van der Waals surface area contributed by atoms with Gasteiger partial charge in [-0.15, -0.1) is 0 Å². The van der Waals surface area contributed by atoms with Crippen molar-refractivity contribution in [3.8, 4) is 5.75 Å². The molecule has 126 valence electrons. The number of ether oxygens (including phenoxy) is 1. The summed E-state index contributed by atoms with van der Waals surface area (Å²) < 4.78 is 6.97. The van der Waals surface area contributed by atoms with E-state index >= 15 is 0 Å². The van der Waals surface area contributed by atoms with Crippen molar-refractivity contribution in [1.29, 1.82) is 0 Å². The number of amides is 1. The Kier molecular flexibility index (Phi) is 4.90. The summed E-state index contributed by atoms with van der Waals surface area (Å²) in [4.78, 5) is 24.9. The maximum atomic E-state index is 12.7. The molecule has 1 amide bonds. The highest BCUT2D eigenvalue weighted by atomic mass is 35.5. The van der Waals surface area contributed by atoms with Crippen molar-refractivity contribution in [2.75, 3.05) is 7.11 Å². The average molecular weight is 347 g/mol. The number of methoxy groups -OCH3 is 1. The van der Waals surface area contributed by atoms with Crippen LogP contribution in [0.4, 0.5) is 0 Å². The first kappa shape index (κ1) is 16.6. The topological polar surface area (TPSA) is 60.3 Å². The first-order chi connectivity index (χ1) is 11.6. The molecule has 0 bridgehead atoms. The number of carbonyl (C=O) groups is 1. The minimum atomic E-state index is -0.252. The fourth-order valence-corrected chi connectivity index (χ4v) is 3.25. The minimum Gasteiger partial charge on any atom is -0.496 e. The van der Waals surface area contributed by atoms with E-state index in [1.54, 1.807) is 10.6 Å². The van der Waals surface area contributed by atoms with Crippen molar-refractivity contribution in [2.24, 2.45) is 0 Å². The standard InChI is InChI=1S/C18H19ClN2O3/c1-24-15-10-16(22)21-9-5-4-8-14(21)17(15)18(23)20-11-12-6-2-3-7-13(12)19/h2-3,6-7,10H,4-5,8-9,11H2,1H3,(H,20,23). The van der Waals surface area contributed by atoms with E-state index in [2.05, 4.69) is 5.32 Å². The van der Waals surface area contributed by atoms with E-state index in [0.717, 1.165) is 24.1 Å². The number of fused-ring (bicyclic) bond motifs is 1. The van der Waals surface area contributed by atoms with Crippen molar-refractivity contribution < 1.29 is 9.53 Å². The molecule has 0 atom stereocenters. The Hall–Kier alpha value is -2.27. The molecule has 24 heavy (non-hydrogen) atoms. The summed E-state index contributed by atoms with van der Waals surface area (Å²) >= 11 is 6.13. The van der Waals surface area contributed by atoms with Gasteiger partial charge >= 0.3 is 0 Å². The van der Waals surface area contributed by atoms with Crippen LogP contribution in [0.1, 0.15) is 34.5 Å². The van der Waals surface area contributed by atoms with Crippen LogP contribution in [0.15, 0.2) is 35.1 Å². The predicted octanol–water partition coefficient (Wildman–Crippen LogP) is 2.78. The molecule has 0 saturated carbocycles. The molecule has 1 N–H and O–H groups in total. The third-order valence-electron chi connectivity index (χ3n) is 4.27. The third-order valence-corrected chi connectivity index (χ3v) is 4.64. The highest BCUT2D eigenvalue weighted by molar-refractivity contribution is 6.31. The molecule has 0 spiro atoms. The number of nitrogens with zero attached hydrogens (tertiary/aromatic N) is 1. The van der Waals surface area contributed by atoms with E-state index in [0.29, 0.717) is 35.8 Å². The molecule has 2 heterocycles. The van der Waals surface area contributed by atoms with Crippen LogP contribution in [0, 0.1) is 0 Å². The molecule has 5 nitrogen and oxygen atoms in total. The zero-order valence-electron chi connectivity index (χ0n) is 13.5. The second-order valence-corrected chi connectivity index (χ2v) is 6.16. The fourth-order valence-electron chi connectivity index (χ4n) is 3.05. The number of hydrogen-bond acceptors (Lipinski definition) is 3. The van der Waals surface area contributed by atoms with Gasteiger partial charge in [-0.3, -0.25) is 9.59 Å². The zero-order valence-corrected chi connectivity index (χ0v) is 14.2. The van der Waals surface area contributed by atoms with E-state index in [9.17, 15) is 9.59 Å². The molecule has 1 aromatic heterocycles. The van der Waals surface area contributed by atoms with Crippen LogP contribution in [0.2, 0.25) is 5.02 Å². The Labute approximate surface area is 145 Å². The predicted molar refractivity (Wildman–Crippen MR) is 92.8 cm³/mol. The monoisotopic (exact) mass is 346 g/mol. The van der Waals surface area contributed by atoms with Crippen molar-refractivity contribution >= 4 is 17.5 Å². The van der Waals surface area contributed by atoms with Crippen molar-refractivity contribution in [2.45, 2.75) is 32.4 Å². The number of rotatable bonds is 4. The summed E-state index contributed by atoms with van der Waals surface area (Å²) in [7, 11) is 1.47. The summed E-state index contributed by atoms with van der Waals surface area (Å²) in [5.74, 6) is 0.0715. The summed E-state index contributed by atoms with van der Waals surface area (Å²) in [5, 5.41) is 3.49. The smallest absolute Gasteiger partial charge is 0.257 e. The molecule has 2 aromatic rings. The van der Waals surface area contributed by atoms with Gasteiger partial charge in [-0.05, 0) is 30.9 Å². The highest BCUT2D eigenvalue weighted by Gasteiger charge is 2.24. The van der Waals surface area contributed by atoms with Crippen LogP contribution in [0.5, 0.6) is 5.75 Å². The van der Waals surface area contributed by atoms with Gasteiger partial charge in [0.25, 0.3) is 11.5 Å². The van der Waals surface area contributed by atoms with Gasteiger partial charge in [0.2, 0.25) is 0 Å². The van der Waals surface area contributed by atoms with Crippen molar-refractivity contribution in [3.63, 3.8) is 0 Å². The van der Waals surface area contributed by atoms with Gasteiger partial charge in [0.05, 0.1) is 7.11 Å². The normalized spacial score (nSPS) is 13.2. The number of carbonyl (C=O) groups excluding carboxylic acids is 1. The maximum absolute atomic E-state index is 12.7. The summed E-state index contributed by atoms with van der Waals surface area (Å²) in [6, 6.07) is 8.76. The second kappa shape index (κ2) is 7.09. The van der Waals surface area contributed by atoms with Crippen LogP contribution in [0.25, 0.3) is 0 Å². The summed E-state index contributed by atoms with van der Waals surface area (Å²) in [6.07, 6.45) is 2.60. The van der Waals surface area contributed by atoms with Crippen LogP contribution in [0.3, 0.4) is 0 Å². The Morgan fingerprint density at radius 3 is 2.88 bits per heavy atom. The Morgan fingerprint density at radius 2 is 2.12 bits per heavy atom. The Morgan fingerprint density at radius 1 is 1.33 bits per heavy atom. The SMILES string of the molecule is COc1cc(=O)n2c(c1C(=O)NCc1ccccc1Cl)CCCC2. The quantitative estimate of drug-likeness (QED) is 0.926. The lowest BCUT2D eigenvalue weighted by Gasteiger charge is -2.22. The van der Waals surface area contributed by atoms with E-state index < -0.39 is 0 Å². The van der Waals surface area contributed by atoms with Crippen LogP contribution in [-0.4, -0.2) is 17.6 Å². The molecule has 1 aliphatic heterocycles. The van der Waals surface area contributed by atoms with E-state index in [1.807, 2.05) is 18.2 Å². The lowest BCUT2D eigenvalue weighted by molar-refractivity contribution is 0.0945. The molecule has 0 unspecified atom stereocenters. The molecule has 3 rings (SSSR count). The van der Waals surface area contributed by atoms with Crippen molar-refractivity contribution in [3.05, 3.63) is 62.5 Å². The minimum absolute atomic E-state index is 0.121. The Balaban J connectivity index is 1.92. The first-order valence-electron chi connectivity index (χ1n) is 7.94. The average Bonchev–Trinajstić information content (AvgIpc) is 2.60. The van der Waals surface area contributed by atoms with Crippen LogP contribution in [-0.2, 0) is 19.5 Å². The third kappa shape index (κ3) is 3.17. The number of hydrogen-bond donors (Lipinski definition) is 1. The van der Waals surface area contributed by atoms with E-state index in [1.165, 1.54) is 13.2 Å². The lowest BCUT2D eigenvalue weighted by Crippen LogP contribution is -2.33.